The van der Waals surface area contributed by atoms with Crippen molar-refractivity contribution in [1.82, 2.24) is 9.62 Å². The molecule has 12 heteroatoms. The summed E-state index contributed by atoms with van der Waals surface area (Å²) in [4.78, 5) is 13.3. The lowest BCUT2D eigenvalue weighted by Gasteiger charge is -2.28. The van der Waals surface area contributed by atoms with Crippen molar-refractivity contribution in [1.29, 1.82) is 0 Å². The summed E-state index contributed by atoms with van der Waals surface area (Å²) in [7, 11) is -2.85. The summed E-state index contributed by atoms with van der Waals surface area (Å²) >= 11 is 3.00. The topological polar surface area (TPSA) is 84.9 Å². The van der Waals surface area contributed by atoms with E-state index in [-0.39, 0.29) is 24.0 Å². The lowest BCUT2D eigenvalue weighted by molar-refractivity contribution is -0.137. The number of nitrogens with one attached hydrogen (secondary N) is 1. The second-order valence-corrected chi connectivity index (χ2v) is 10.5. The molecule has 0 aliphatic carbocycles. The molecule has 0 bridgehead atoms. The zero-order valence-corrected chi connectivity index (χ0v) is 19.3. The van der Waals surface area contributed by atoms with Crippen LogP contribution in [0.1, 0.15) is 32.8 Å². The Labute approximate surface area is 182 Å². The first-order chi connectivity index (χ1) is 13.6. The zero-order valence-electron chi connectivity index (χ0n) is 16.9. The first kappa shape index (κ1) is 24.9. The molecule has 1 saturated heterocycles. The van der Waals surface area contributed by atoms with Gasteiger partial charge in [-0.2, -0.15) is 13.2 Å². The molecule has 2 atom stereocenters. The lowest BCUT2D eigenvalue weighted by Crippen LogP contribution is -2.43. The highest BCUT2D eigenvalue weighted by Crippen LogP contribution is 2.34. The molecule has 0 aromatic heterocycles. The van der Waals surface area contributed by atoms with E-state index in [9.17, 15) is 26.4 Å². The molecule has 1 aromatic carbocycles. The molecule has 1 N–H and O–H groups in total. The molecule has 7 nitrogen and oxygen atoms in total. The normalized spacial score (nSPS) is 20.5. The van der Waals surface area contributed by atoms with Crippen molar-refractivity contribution in [2.24, 2.45) is 0 Å². The van der Waals surface area contributed by atoms with E-state index in [4.69, 9.17) is 9.47 Å². The van der Waals surface area contributed by atoms with E-state index in [1.807, 2.05) is 0 Å². The summed E-state index contributed by atoms with van der Waals surface area (Å²) in [5.41, 5.74) is -1.82. The van der Waals surface area contributed by atoms with Crippen LogP contribution in [-0.4, -0.2) is 57.4 Å². The van der Waals surface area contributed by atoms with Gasteiger partial charge >= 0.3 is 12.3 Å². The largest absolute Gasteiger partial charge is 0.444 e. The van der Waals surface area contributed by atoms with Crippen LogP contribution in [0.4, 0.5) is 18.0 Å². The van der Waals surface area contributed by atoms with Crippen molar-refractivity contribution in [2.75, 3.05) is 20.3 Å². The van der Waals surface area contributed by atoms with Crippen molar-refractivity contribution in [2.45, 2.75) is 55.9 Å². The molecule has 0 unspecified atom stereocenters. The first-order valence-corrected chi connectivity index (χ1v) is 11.3. The zero-order chi connectivity index (χ0) is 22.9. The van der Waals surface area contributed by atoms with Gasteiger partial charge < -0.3 is 14.4 Å². The molecule has 1 aromatic rings. The van der Waals surface area contributed by atoms with Crippen LogP contribution in [-0.2, 0) is 25.7 Å². The number of amides is 1. The number of sulfonamides is 1. The number of hydrogen-bond donors (Lipinski definition) is 1. The van der Waals surface area contributed by atoms with Gasteiger partial charge in [-0.25, -0.2) is 17.9 Å². The number of hydrogen-bond acceptors (Lipinski definition) is 5. The summed E-state index contributed by atoms with van der Waals surface area (Å²) in [6.07, 6.45) is -5.08. The van der Waals surface area contributed by atoms with Crippen LogP contribution in [0.15, 0.2) is 27.6 Å². The Bertz CT molecular complexity index is 887. The average molecular weight is 517 g/mol. The highest BCUT2D eigenvalue weighted by atomic mass is 79.9. The Morgan fingerprint density at radius 2 is 1.93 bits per heavy atom. The van der Waals surface area contributed by atoms with Crippen molar-refractivity contribution in [3.05, 3.63) is 28.2 Å². The van der Waals surface area contributed by atoms with E-state index < -0.39 is 50.4 Å². The van der Waals surface area contributed by atoms with Gasteiger partial charge in [0.2, 0.25) is 10.0 Å². The number of halogens is 4. The van der Waals surface area contributed by atoms with Crippen LogP contribution >= 0.6 is 15.9 Å². The quantitative estimate of drug-likeness (QED) is 0.643. The minimum Gasteiger partial charge on any atom is -0.444 e. The summed E-state index contributed by atoms with van der Waals surface area (Å²) < 4.78 is 77.4. The molecule has 0 saturated carbocycles. The number of benzene rings is 1. The summed E-state index contributed by atoms with van der Waals surface area (Å²) in [5, 5.41) is 0. The molecule has 170 valence electrons. The number of carbonyl (C=O) groups is 1. The van der Waals surface area contributed by atoms with Crippen LogP contribution in [0.5, 0.6) is 0 Å². The number of methoxy groups -OCH3 is 1. The standard InChI is InChI=1S/C18H24BrF3N2O5S/c1-17(2,3)29-16(25)24-9-12(8-13(24)10-28-4)23-30(26,27)15-7-11(18(20,21)22)5-6-14(15)19/h5-7,12-13,23H,8-10H2,1-4H3/t12-,13-/m1/s1. The van der Waals surface area contributed by atoms with E-state index in [1.165, 1.54) is 12.0 Å². The maximum atomic E-state index is 13.0. The third-order valence-corrected chi connectivity index (χ3v) is 6.79. The fourth-order valence-corrected chi connectivity index (χ4v) is 5.29. The van der Waals surface area contributed by atoms with E-state index >= 15 is 0 Å². The molecule has 0 spiro atoms. The molecule has 1 heterocycles. The average Bonchev–Trinajstić information content (AvgIpc) is 2.94. The monoisotopic (exact) mass is 516 g/mol. The predicted molar refractivity (Wildman–Crippen MR) is 106 cm³/mol. The number of carbonyl (C=O) groups excluding carboxylic acids is 1. The minimum atomic E-state index is -4.69. The van der Waals surface area contributed by atoms with Crippen molar-refractivity contribution in [3.63, 3.8) is 0 Å². The molecule has 1 amide bonds. The van der Waals surface area contributed by atoms with Gasteiger partial charge in [0.15, 0.2) is 0 Å². The molecule has 30 heavy (non-hydrogen) atoms. The van der Waals surface area contributed by atoms with Crippen molar-refractivity contribution in [3.8, 4) is 0 Å². The SMILES string of the molecule is COC[C@H]1C[C@@H](NS(=O)(=O)c2cc(C(F)(F)F)ccc2Br)CN1C(=O)OC(C)(C)C. The summed E-state index contributed by atoms with van der Waals surface area (Å²) in [5.74, 6) is 0. The van der Waals surface area contributed by atoms with E-state index in [0.29, 0.717) is 6.07 Å². The fourth-order valence-electron chi connectivity index (χ4n) is 3.07. The van der Waals surface area contributed by atoms with Crippen LogP contribution in [0.3, 0.4) is 0 Å². The Morgan fingerprint density at radius 3 is 2.47 bits per heavy atom. The number of rotatable bonds is 5. The number of alkyl halides is 3. The van der Waals surface area contributed by atoms with E-state index in [2.05, 4.69) is 20.7 Å². The Kier molecular flexibility index (Phi) is 7.48. The predicted octanol–water partition coefficient (Wildman–Crippen LogP) is 3.77. The highest BCUT2D eigenvalue weighted by molar-refractivity contribution is 9.10. The van der Waals surface area contributed by atoms with Gasteiger partial charge in [-0.15, -0.1) is 0 Å². The third kappa shape index (κ3) is 6.32. The van der Waals surface area contributed by atoms with Gasteiger partial charge in [0.25, 0.3) is 0 Å². The van der Waals surface area contributed by atoms with Crippen molar-refractivity contribution >= 4 is 32.0 Å². The molecular weight excluding hydrogens is 493 g/mol. The Hall–Kier alpha value is -1.37. The lowest BCUT2D eigenvalue weighted by atomic mass is 10.2. The maximum absolute atomic E-state index is 13.0. The molecule has 0 radical (unpaired) electrons. The molecular formula is C18H24BrF3N2O5S. The van der Waals surface area contributed by atoms with Gasteiger partial charge in [0.05, 0.1) is 23.1 Å². The van der Waals surface area contributed by atoms with Gasteiger partial charge in [-0.1, -0.05) is 0 Å². The van der Waals surface area contributed by atoms with Gasteiger partial charge in [0.1, 0.15) is 5.60 Å². The van der Waals surface area contributed by atoms with Gasteiger partial charge in [0, 0.05) is 24.2 Å². The van der Waals surface area contributed by atoms with Crippen molar-refractivity contribution < 1.29 is 35.9 Å². The molecule has 1 fully saturated rings. The number of ether oxygens (including phenoxy) is 2. The second-order valence-electron chi connectivity index (χ2n) is 7.94. The molecule has 1 aliphatic heterocycles. The Balaban J connectivity index is 2.24. The van der Waals surface area contributed by atoms with Crippen LogP contribution in [0, 0.1) is 0 Å². The van der Waals surface area contributed by atoms with Gasteiger partial charge in [-0.05, 0) is 61.3 Å². The molecule has 2 rings (SSSR count). The molecule has 1 aliphatic rings. The second kappa shape index (κ2) is 9.01. The van der Waals surface area contributed by atoms with Gasteiger partial charge in [-0.3, -0.25) is 0 Å². The maximum Gasteiger partial charge on any atom is 0.416 e. The van der Waals surface area contributed by atoms with Crippen LogP contribution < -0.4 is 4.72 Å². The highest BCUT2D eigenvalue weighted by Gasteiger charge is 2.40. The summed E-state index contributed by atoms with van der Waals surface area (Å²) in [6, 6.07) is 1.23. The number of likely N-dealkylation sites (tertiary alicyclic amines) is 1. The number of nitrogens with zero attached hydrogens (tertiary/aromatic N) is 1. The smallest absolute Gasteiger partial charge is 0.416 e. The van der Waals surface area contributed by atoms with E-state index in [0.717, 1.165) is 12.1 Å². The summed E-state index contributed by atoms with van der Waals surface area (Å²) in [6.45, 7) is 5.27. The Morgan fingerprint density at radius 1 is 1.30 bits per heavy atom. The van der Waals surface area contributed by atoms with Crippen LogP contribution in [0.25, 0.3) is 0 Å². The third-order valence-electron chi connectivity index (χ3n) is 4.27. The van der Waals surface area contributed by atoms with Crippen LogP contribution in [0.2, 0.25) is 0 Å². The van der Waals surface area contributed by atoms with E-state index in [1.54, 1.807) is 20.8 Å². The first-order valence-electron chi connectivity index (χ1n) is 9.01. The minimum absolute atomic E-state index is 0.00124. The fraction of sp³-hybridized carbons (Fsp3) is 0.611.